The molecule has 0 spiro atoms. The summed E-state index contributed by atoms with van der Waals surface area (Å²) in [6.45, 7) is 0. The number of benzene rings is 1. The van der Waals surface area contributed by atoms with Crippen LogP contribution in [-0.4, -0.2) is 21.7 Å². The number of aromatic nitrogens is 3. The molecule has 0 aliphatic heterocycles. The van der Waals surface area contributed by atoms with Gasteiger partial charge >= 0.3 is 0 Å². The number of thiazole rings is 1. The topological polar surface area (TPSA) is 56.5 Å². The van der Waals surface area contributed by atoms with Crippen LogP contribution >= 0.6 is 11.3 Å². The molecule has 3 rings (SSSR count). The molecule has 0 fully saturated rings. The van der Waals surface area contributed by atoms with Gasteiger partial charge < -0.3 is 4.74 Å². The van der Waals surface area contributed by atoms with Gasteiger partial charge in [-0.3, -0.25) is 4.79 Å². The maximum atomic E-state index is 11.9. The van der Waals surface area contributed by atoms with E-state index in [0.29, 0.717) is 9.49 Å². The highest BCUT2D eigenvalue weighted by Gasteiger charge is 2.04. The summed E-state index contributed by atoms with van der Waals surface area (Å²) in [5, 5.41) is 3.87. The number of fused-ring (bicyclic) bond motifs is 1. The van der Waals surface area contributed by atoms with Crippen molar-refractivity contribution in [2.45, 2.75) is 0 Å². The second-order valence-electron chi connectivity index (χ2n) is 3.64. The van der Waals surface area contributed by atoms with Crippen molar-refractivity contribution in [2.75, 3.05) is 7.11 Å². The number of nitrogens with zero attached hydrogens (tertiary/aromatic N) is 3. The van der Waals surface area contributed by atoms with Crippen molar-refractivity contribution in [1.29, 1.82) is 0 Å². The minimum absolute atomic E-state index is 0.136. The Kier molecular flexibility index (Phi) is 2.56. The van der Waals surface area contributed by atoms with Gasteiger partial charge in [0.2, 0.25) is 4.96 Å². The van der Waals surface area contributed by atoms with Crippen LogP contribution in [0.3, 0.4) is 0 Å². The molecule has 0 unspecified atom stereocenters. The molecule has 0 bridgehead atoms. The van der Waals surface area contributed by atoms with Gasteiger partial charge in [0.25, 0.3) is 5.56 Å². The van der Waals surface area contributed by atoms with Crippen LogP contribution in [0.4, 0.5) is 0 Å². The highest BCUT2D eigenvalue weighted by Crippen LogP contribution is 2.11. The van der Waals surface area contributed by atoms with Crippen molar-refractivity contribution in [3.8, 4) is 5.75 Å². The van der Waals surface area contributed by atoms with Gasteiger partial charge in [-0.25, -0.2) is 4.98 Å². The van der Waals surface area contributed by atoms with Crippen molar-refractivity contribution < 1.29 is 4.74 Å². The SMILES string of the molecule is COc1ccc(C=c2sc3ncnn3c2=O)cc1. The standard InChI is InChI=1S/C12H9N3O2S/c1-17-9-4-2-8(3-5-9)6-10-11(16)15-12(18-10)13-7-14-15/h2-7H,1H3. The van der Waals surface area contributed by atoms with Crippen LogP contribution in [-0.2, 0) is 0 Å². The molecule has 0 amide bonds. The van der Waals surface area contributed by atoms with Crippen molar-refractivity contribution in [3.05, 3.63) is 51.0 Å². The van der Waals surface area contributed by atoms with Gasteiger partial charge in [0.05, 0.1) is 11.6 Å². The first-order valence-electron chi connectivity index (χ1n) is 5.26. The van der Waals surface area contributed by atoms with E-state index in [1.54, 1.807) is 7.11 Å². The monoisotopic (exact) mass is 259 g/mol. The Morgan fingerprint density at radius 3 is 2.78 bits per heavy atom. The first-order valence-corrected chi connectivity index (χ1v) is 6.08. The third kappa shape index (κ3) is 1.76. The molecule has 90 valence electrons. The maximum absolute atomic E-state index is 11.9. The molecule has 0 N–H and O–H groups in total. The van der Waals surface area contributed by atoms with Crippen molar-refractivity contribution in [3.63, 3.8) is 0 Å². The molecule has 0 aliphatic carbocycles. The summed E-state index contributed by atoms with van der Waals surface area (Å²) in [7, 11) is 1.62. The molecular weight excluding hydrogens is 250 g/mol. The van der Waals surface area contributed by atoms with Gasteiger partial charge in [-0.15, -0.1) is 0 Å². The number of hydrogen-bond acceptors (Lipinski definition) is 5. The fourth-order valence-electron chi connectivity index (χ4n) is 1.63. The summed E-state index contributed by atoms with van der Waals surface area (Å²) >= 11 is 1.33. The first kappa shape index (κ1) is 10.9. The molecule has 5 nitrogen and oxygen atoms in total. The van der Waals surface area contributed by atoms with Crippen LogP contribution in [0.15, 0.2) is 35.4 Å². The Morgan fingerprint density at radius 1 is 1.33 bits per heavy atom. The normalized spacial score (nSPS) is 12.2. The van der Waals surface area contributed by atoms with Crippen LogP contribution in [0.2, 0.25) is 0 Å². The third-order valence-electron chi connectivity index (χ3n) is 2.53. The van der Waals surface area contributed by atoms with Crippen LogP contribution < -0.4 is 14.8 Å². The van der Waals surface area contributed by atoms with Crippen LogP contribution in [0.1, 0.15) is 5.56 Å². The maximum Gasteiger partial charge on any atom is 0.291 e. The smallest absolute Gasteiger partial charge is 0.291 e. The number of methoxy groups -OCH3 is 1. The molecule has 2 aromatic heterocycles. The van der Waals surface area contributed by atoms with Crippen LogP contribution in [0.25, 0.3) is 11.0 Å². The van der Waals surface area contributed by atoms with Gasteiger partial charge in [0.15, 0.2) is 0 Å². The highest BCUT2D eigenvalue weighted by atomic mass is 32.1. The lowest BCUT2D eigenvalue weighted by Gasteiger charge is -1.98. The Hall–Kier alpha value is -2.21. The van der Waals surface area contributed by atoms with Crippen molar-refractivity contribution in [2.24, 2.45) is 0 Å². The van der Waals surface area contributed by atoms with Gasteiger partial charge in [-0.1, -0.05) is 23.5 Å². The minimum atomic E-state index is -0.136. The molecular formula is C12H9N3O2S. The van der Waals surface area contributed by atoms with E-state index < -0.39 is 0 Å². The third-order valence-corrected chi connectivity index (χ3v) is 3.51. The fourth-order valence-corrected chi connectivity index (χ4v) is 2.51. The lowest BCUT2D eigenvalue weighted by Crippen LogP contribution is -2.23. The Labute approximate surface area is 106 Å². The molecule has 0 atom stereocenters. The van der Waals surface area contributed by atoms with E-state index in [9.17, 15) is 4.79 Å². The molecule has 0 saturated heterocycles. The average Bonchev–Trinajstić information content (AvgIpc) is 2.95. The van der Waals surface area contributed by atoms with E-state index in [1.807, 2.05) is 30.3 Å². The van der Waals surface area contributed by atoms with Crippen molar-refractivity contribution in [1.82, 2.24) is 14.6 Å². The summed E-state index contributed by atoms with van der Waals surface area (Å²) in [6.07, 6.45) is 3.20. The summed E-state index contributed by atoms with van der Waals surface area (Å²) in [4.78, 5) is 16.5. The predicted molar refractivity (Wildman–Crippen MR) is 68.9 cm³/mol. The predicted octanol–water partition coefficient (Wildman–Crippen LogP) is 0.707. The molecule has 3 aromatic rings. The average molecular weight is 259 g/mol. The van der Waals surface area contributed by atoms with E-state index in [0.717, 1.165) is 11.3 Å². The van der Waals surface area contributed by atoms with Gasteiger partial charge in [-0.05, 0) is 23.8 Å². The largest absolute Gasteiger partial charge is 0.497 e. The molecule has 18 heavy (non-hydrogen) atoms. The van der Waals surface area contributed by atoms with Gasteiger partial charge in [0.1, 0.15) is 12.1 Å². The van der Waals surface area contributed by atoms with Crippen molar-refractivity contribution >= 4 is 22.4 Å². The van der Waals surface area contributed by atoms with Gasteiger partial charge in [0, 0.05) is 0 Å². The Bertz CT molecular complexity index is 789. The molecule has 0 aliphatic rings. The van der Waals surface area contributed by atoms with Crippen LogP contribution in [0.5, 0.6) is 5.75 Å². The van der Waals surface area contributed by atoms with Gasteiger partial charge in [-0.2, -0.15) is 9.61 Å². The Balaban J connectivity index is 2.12. The summed E-state index contributed by atoms with van der Waals surface area (Å²) < 4.78 is 7.01. The second-order valence-corrected chi connectivity index (χ2v) is 4.65. The zero-order valence-electron chi connectivity index (χ0n) is 9.53. The van der Waals surface area contributed by atoms with E-state index in [1.165, 1.54) is 22.2 Å². The fraction of sp³-hybridized carbons (Fsp3) is 0.0833. The van der Waals surface area contributed by atoms with E-state index in [4.69, 9.17) is 4.74 Å². The first-order chi connectivity index (χ1) is 8.78. The summed E-state index contributed by atoms with van der Waals surface area (Å²) in [5.41, 5.74) is 0.806. The molecule has 1 aromatic carbocycles. The molecule has 2 heterocycles. The lowest BCUT2D eigenvalue weighted by molar-refractivity contribution is 0.415. The minimum Gasteiger partial charge on any atom is -0.497 e. The van der Waals surface area contributed by atoms with E-state index in [-0.39, 0.29) is 5.56 Å². The van der Waals surface area contributed by atoms with Crippen LogP contribution in [0, 0.1) is 0 Å². The second kappa shape index (κ2) is 4.23. The number of hydrogen-bond donors (Lipinski definition) is 0. The Morgan fingerprint density at radius 2 is 2.11 bits per heavy atom. The number of rotatable bonds is 2. The van der Waals surface area contributed by atoms with E-state index >= 15 is 0 Å². The summed E-state index contributed by atoms with van der Waals surface area (Å²) in [6, 6.07) is 7.50. The quantitative estimate of drug-likeness (QED) is 0.680. The summed E-state index contributed by atoms with van der Waals surface area (Å²) in [5.74, 6) is 0.789. The molecule has 0 radical (unpaired) electrons. The molecule has 0 saturated carbocycles. The highest BCUT2D eigenvalue weighted by molar-refractivity contribution is 7.15. The number of ether oxygens (including phenoxy) is 1. The zero-order chi connectivity index (χ0) is 12.5. The van der Waals surface area contributed by atoms with E-state index in [2.05, 4.69) is 10.1 Å². The zero-order valence-corrected chi connectivity index (χ0v) is 10.3. The lowest BCUT2D eigenvalue weighted by atomic mass is 10.2. The molecule has 6 heteroatoms.